The minimum Gasteiger partial charge on any atom is -0.477 e. The first-order chi connectivity index (χ1) is 10.6. The number of nitrogens with zero attached hydrogens (tertiary/aromatic N) is 3. The van der Waals surface area contributed by atoms with E-state index in [1.807, 2.05) is 19.2 Å². The normalized spacial score (nSPS) is 17.6. The lowest BCUT2D eigenvalue weighted by atomic mass is 9.93. The van der Waals surface area contributed by atoms with Crippen molar-refractivity contribution < 1.29 is 4.74 Å². The number of aliphatic imine (C=N–C) groups is 1. The van der Waals surface area contributed by atoms with Crippen molar-refractivity contribution in [3.05, 3.63) is 23.9 Å². The van der Waals surface area contributed by atoms with Gasteiger partial charge in [-0.15, -0.1) is 0 Å². The van der Waals surface area contributed by atoms with Gasteiger partial charge in [0.25, 0.3) is 0 Å². The molecule has 1 aromatic heterocycles. The van der Waals surface area contributed by atoms with Crippen LogP contribution in [0.2, 0.25) is 0 Å². The summed E-state index contributed by atoms with van der Waals surface area (Å²) in [5, 5.41) is 3.44. The third-order valence-electron chi connectivity index (χ3n) is 3.92. The number of guanidine groups is 1. The summed E-state index contributed by atoms with van der Waals surface area (Å²) in [6, 6.07) is 3.99. The number of hydrogen-bond donors (Lipinski definition) is 1. The maximum Gasteiger partial charge on any atom is 0.218 e. The highest BCUT2D eigenvalue weighted by atomic mass is 16.5. The number of pyridine rings is 1. The van der Waals surface area contributed by atoms with E-state index >= 15 is 0 Å². The minimum absolute atomic E-state index is 0.362. The third kappa shape index (κ3) is 4.36. The maximum absolute atomic E-state index is 5.71. The Hall–Kier alpha value is -1.78. The molecular formula is C17H28N4O. The van der Waals surface area contributed by atoms with Crippen LogP contribution in [0.25, 0.3) is 0 Å². The molecule has 1 aromatic rings. The molecule has 0 bridgehead atoms. The molecule has 1 fully saturated rings. The summed E-state index contributed by atoms with van der Waals surface area (Å²) >= 11 is 0. The highest BCUT2D eigenvalue weighted by molar-refractivity contribution is 5.80. The Morgan fingerprint density at radius 1 is 1.50 bits per heavy atom. The molecule has 0 aliphatic carbocycles. The Kier molecular flexibility index (Phi) is 5.63. The Bertz CT molecular complexity index is 513. The van der Waals surface area contributed by atoms with Gasteiger partial charge in [0.15, 0.2) is 5.96 Å². The highest BCUT2D eigenvalue weighted by Gasteiger charge is 2.30. The number of likely N-dealkylation sites (tertiary alicyclic amines) is 1. The summed E-state index contributed by atoms with van der Waals surface area (Å²) in [7, 11) is 1.84. The van der Waals surface area contributed by atoms with Gasteiger partial charge in [0, 0.05) is 38.4 Å². The van der Waals surface area contributed by atoms with E-state index in [1.54, 1.807) is 6.20 Å². The second kappa shape index (κ2) is 7.47. The predicted octanol–water partition coefficient (Wildman–Crippen LogP) is 2.68. The van der Waals surface area contributed by atoms with E-state index in [1.165, 1.54) is 6.42 Å². The average molecular weight is 304 g/mol. The molecule has 0 spiro atoms. The molecule has 2 heterocycles. The monoisotopic (exact) mass is 304 g/mol. The molecule has 0 amide bonds. The fourth-order valence-corrected chi connectivity index (χ4v) is 2.69. The first-order valence-corrected chi connectivity index (χ1v) is 8.08. The van der Waals surface area contributed by atoms with E-state index in [4.69, 9.17) is 4.74 Å². The molecule has 5 heteroatoms. The zero-order valence-electron chi connectivity index (χ0n) is 14.2. The van der Waals surface area contributed by atoms with Gasteiger partial charge in [-0.3, -0.25) is 4.99 Å². The van der Waals surface area contributed by atoms with E-state index in [0.29, 0.717) is 24.4 Å². The fourth-order valence-electron chi connectivity index (χ4n) is 2.69. The van der Waals surface area contributed by atoms with Crippen LogP contribution in [0.3, 0.4) is 0 Å². The minimum atomic E-state index is 0.362. The Balaban J connectivity index is 1.97. The van der Waals surface area contributed by atoms with Gasteiger partial charge in [-0.2, -0.15) is 0 Å². The largest absolute Gasteiger partial charge is 0.477 e. The van der Waals surface area contributed by atoms with Gasteiger partial charge in [0.2, 0.25) is 5.88 Å². The molecule has 22 heavy (non-hydrogen) atoms. The van der Waals surface area contributed by atoms with Crippen molar-refractivity contribution in [1.29, 1.82) is 0 Å². The standard InChI is InChI=1S/C17H28N4O/c1-5-11-22-15-14(7-6-9-19-15)12-20-16(18-4)21-10-8-17(2,3)13-21/h6-7,9H,5,8,10-13H2,1-4H3,(H,18,20). The van der Waals surface area contributed by atoms with Crippen molar-refractivity contribution in [2.24, 2.45) is 10.4 Å². The van der Waals surface area contributed by atoms with Gasteiger partial charge < -0.3 is 15.0 Å². The molecule has 1 saturated heterocycles. The van der Waals surface area contributed by atoms with E-state index in [0.717, 1.165) is 31.0 Å². The van der Waals surface area contributed by atoms with Gasteiger partial charge in [-0.25, -0.2) is 4.98 Å². The number of hydrogen-bond acceptors (Lipinski definition) is 3. The van der Waals surface area contributed by atoms with Crippen molar-refractivity contribution in [3.8, 4) is 5.88 Å². The van der Waals surface area contributed by atoms with E-state index < -0.39 is 0 Å². The van der Waals surface area contributed by atoms with Crippen LogP contribution >= 0.6 is 0 Å². The van der Waals surface area contributed by atoms with Crippen LogP contribution in [0.1, 0.15) is 39.2 Å². The average Bonchev–Trinajstić information content (AvgIpc) is 2.87. The first-order valence-electron chi connectivity index (χ1n) is 8.08. The van der Waals surface area contributed by atoms with Crippen LogP contribution in [-0.2, 0) is 6.54 Å². The lowest BCUT2D eigenvalue weighted by Gasteiger charge is -2.24. The van der Waals surface area contributed by atoms with Crippen LogP contribution in [0.4, 0.5) is 0 Å². The van der Waals surface area contributed by atoms with Gasteiger partial charge in [0.1, 0.15) is 0 Å². The number of nitrogens with one attached hydrogen (secondary N) is 1. The predicted molar refractivity (Wildman–Crippen MR) is 90.2 cm³/mol. The fraction of sp³-hybridized carbons (Fsp3) is 0.647. The van der Waals surface area contributed by atoms with E-state index in [-0.39, 0.29) is 0 Å². The van der Waals surface area contributed by atoms with Crippen molar-refractivity contribution in [3.63, 3.8) is 0 Å². The van der Waals surface area contributed by atoms with Gasteiger partial charge in [-0.1, -0.05) is 26.8 Å². The van der Waals surface area contributed by atoms with Crippen molar-refractivity contribution >= 4 is 5.96 Å². The maximum atomic E-state index is 5.71. The molecule has 5 nitrogen and oxygen atoms in total. The molecule has 0 saturated carbocycles. The summed E-state index contributed by atoms with van der Waals surface area (Å²) in [4.78, 5) is 11.1. The van der Waals surface area contributed by atoms with Crippen molar-refractivity contribution in [1.82, 2.24) is 15.2 Å². The Labute approximate surface area is 133 Å². The Morgan fingerprint density at radius 2 is 2.32 bits per heavy atom. The smallest absolute Gasteiger partial charge is 0.218 e. The Morgan fingerprint density at radius 3 is 2.95 bits per heavy atom. The van der Waals surface area contributed by atoms with Crippen molar-refractivity contribution in [2.45, 2.75) is 40.2 Å². The zero-order valence-corrected chi connectivity index (χ0v) is 14.2. The lowest BCUT2D eigenvalue weighted by molar-refractivity contribution is 0.301. The summed E-state index contributed by atoms with van der Waals surface area (Å²) in [5.74, 6) is 1.67. The molecule has 0 unspecified atom stereocenters. The molecule has 0 aromatic carbocycles. The molecule has 0 atom stereocenters. The molecule has 1 N–H and O–H groups in total. The van der Waals surface area contributed by atoms with Crippen LogP contribution < -0.4 is 10.1 Å². The summed E-state index contributed by atoms with van der Waals surface area (Å²) in [6.45, 7) is 10.2. The van der Waals surface area contributed by atoms with Crippen LogP contribution in [0.5, 0.6) is 5.88 Å². The topological polar surface area (TPSA) is 49.8 Å². The van der Waals surface area contributed by atoms with E-state index in [2.05, 4.69) is 41.0 Å². The molecule has 0 radical (unpaired) electrons. The molecule has 1 aliphatic heterocycles. The quantitative estimate of drug-likeness (QED) is 0.671. The van der Waals surface area contributed by atoms with Gasteiger partial charge in [0.05, 0.1) is 6.61 Å². The molecular weight excluding hydrogens is 276 g/mol. The molecule has 1 aliphatic rings. The van der Waals surface area contributed by atoms with Crippen LogP contribution in [-0.4, -0.2) is 42.6 Å². The highest BCUT2D eigenvalue weighted by Crippen LogP contribution is 2.28. The molecule has 2 rings (SSSR count). The molecule has 122 valence electrons. The zero-order chi connectivity index (χ0) is 16.0. The lowest BCUT2D eigenvalue weighted by Crippen LogP contribution is -2.40. The van der Waals surface area contributed by atoms with Crippen molar-refractivity contribution in [2.75, 3.05) is 26.7 Å². The summed E-state index contributed by atoms with van der Waals surface area (Å²) in [6.07, 6.45) is 3.95. The van der Waals surface area contributed by atoms with Crippen LogP contribution in [0.15, 0.2) is 23.3 Å². The number of rotatable bonds is 5. The second-order valence-electron chi connectivity index (χ2n) is 6.55. The number of aromatic nitrogens is 1. The third-order valence-corrected chi connectivity index (χ3v) is 3.92. The second-order valence-corrected chi connectivity index (χ2v) is 6.55. The summed E-state index contributed by atoms with van der Waals surface area (Å²) < 4.78 is 5.71. The summed E-state index contributed by atoms with van der Waals surface area (Å²) in [5.41, 5.74) is 1.43. The first kappa shape index (κ1) is 16.6. The SMILES string of the molecule is CCCOc1ncccc1CNC(=NC)N1CCC(C)(C)C1. The number of ether oxygens (including phenoxy) is 1. The van der Waals surface area contributed by atoms with E-state index in [9.17, 15) is 0 Å². The van der Waals surface area contributed by atoms with Gasteiger partial charge >= 0.3 is 0 Å². The van der Waals surface area contributed by atoms with Crippen LogP contribution in [0, 0.1) is 5.41 Å². The van der Waals surface area contributed by atoms with Gasteiger partial charge in [-0.05, 0) is 24.3 Å².